The van der Waals surface area contributed by atoms with Gasteiger partial charge in [0.2, 0.25) is 5.91 Å². The number of amides is 1. The zero-order valence-corrected chi connectivity index (χ0v) is 10.7. The molecule has 1 aliphatic heterocycles. The Morgan fingerprint density at radius 3 is 2.69 bits per heavy atom. The third-order valence-corrected chi connectivity index (χ3v) is 4.39. The second-order valence-electron chi connectivity index (χ2n) is 4.57. The van der Waals surface area contributed by atoms with Gasteiger partial charge in [-0.05, 0) is 38.4 Å². The first-order chi connectivity index (χ1) is 7.52. The van der Waals surface area contributed by atoms with Crippen LogP contribution >= 0.6 is 11.8 Å². The Morgan fingerprint density at radius 1 is 1.50 bits per heavy atom. The van der Waals surface area contributed by atoms with Gasteiger partial charge in [0.15, 0.2) is 0 Å². The molecule has 1 saturated heterocycles. The molecule has 0 aromatic heterocycles. The molecule has 0 bridgehead atoms. The summed E-state index contributed by atoms with van der Waals surface area (Å²) in [5.74, 6) is 0.633. The Balaban J connectivity index is 2.09. The molecule has 1 aliphatic rings. The number of hydrogen-bond donors (Lipinski definition) is 2. The maximum absolute atomic E-state index is 11.0. The standard InChI is InChI=1S/C11H22N2O2S/c1-11(13,10(12)14)5-2-8-16-9-3-6-15-7-4-9/h9H,2-8,13H2,1H3,(H2,12,14). The summed E-state index contributed by atoms with van der Waals surface area (Å²) in [6, 6.07) is 0. The van der Waals surface area contributed by atoms with E-state index in [1.54, 1.807) is 6.92 Å². The summed E-state index contributed by atoms with van der Waals surface area (Å²) in [5, 5.41) is 0.714. The van der Waals surface area contributed by atoms with Crippen molar-refractivity contribution >= 4 is 17.7 Å². The van der Waals surface area contributed by atoms with Crippen LogP contribution in [0.15, 0.2) is 0 Å². The van der Waals surface area contributed by atoms with Crippen LogP contribution < -0.4 is 11.5 Å². The van der Waals surface area contributed by atoms with Crippen LogP contribution in [-0.2, 0) is 9.53 Å². The molecule has 1 amide bonds. The molecule has 1 unspecified atom stereocenters. The lowest BCUT2D eigenvalue weighted by molar-refractivity contribution is -0.122. The second-order valence-corrected chi connectivity index (χ2v) is 5.98. The van der Waals surface area contributed by atoms with Crippen LogP contribution in [-0.4, -0.2) is 35.7 Å². The summed E-state index contributed by atoms with van der Waals surface area (Å²) in [7, 11) is 0. The largest absolute Gasteiger partial charge is 0.381 e. The Bertz CT molecular complexity index is 228. The molecule has 1 atom stereocenters. The van der Waals surface area contributed by atoms with Gasteiger partial charge in [-0.15, -0.1) is 0 Å². The van der Waals surface area contributed by atoms with Crippen LogP contribution in [0.25, 0.3) is 0 Å². The van der Waals surface area contributed by atoms with Gasteiger partial charge in [0.1, 0.15) is 0 Å². The van der Waals surface area contributed by atoms with Crippen LogP contribution in [0, 0.1) is 0 Å². The zero-order valence-electron chi connectivity index (χ0n) is 9.91. The van der Waals surface area contributed by atoms with Crippen molar-refractivity contribution in [2.45, 2.75) is 43.4 Å². The highest BCUT2D eigenvalue weighted by Crippen LogP contribution is 2.23. The SMILES string of the molecule is CC(N)(CCCSC1CCOCC1)C(N)=O. The molecule has 1 heterocycles. The number of ether oxygens (including phenoxy) is 1. The van der Waals surface area contributed by atoms with E-state index in [9.17, 15) is 4.79 Å². The minimum Gasteiger partial charge on any atom is -0.381 e. The fourth-order valence-corrected chi connectivity index (χ4v) is 2.83. The van der Waals surface area contributed by atoms with Gasteiger partial charge >= 0.3 is 0 Å². The quantitative estimate of drug-likeness (QED) is 0.682. The molecule has 0 aromatic rings. The number of primary amides is 1. The first-order valence-electron chi connectivity index (χ1n) is 5.80. The predicted octanol–water partition coefficient (Wildman–Crippen LogP) is 0.881. The highest BCUT2D eigenvalue weighted by atomic mass is 32.2. The zero-order chi connectivity index (χ0) is 12.0. The van der Waals surface area contributed by atoms with Crippen LogP contribution in [0.1, 0.15) is 32.6 Å². The maximum atomic E-state index is 11.0. The van der Waals surface area contributed by atoms with Crippen LogP contribution in [0.2, 0.25) is 0 Å². The van der Waals surface area contributed by atoms with E-state index in [4.69, 9.17) is 16.2 Å². The molecule has 94 valence electrons. The van der Waals surface area contributed by atoms with Crippen molar-refractivity contribution in [3.05, 3.63) is 0 Å². The molecule has 1 rings (SSSR count). The van der Waals surface area contributed by atoms with Crippen molar-refractivity contribution in [2.24, 2.45) is 11.5 Å². The number of thioether (sulfide) groups is 1. The van der Waals surface area contributed by atoms with E-state index < -0.39 is 11.4 Å². The molecule has 5 heteroatoms. The van der Waals surface area contributed by atoms with E-state index >= 15 is 0 Å². The van der Waals surface area contributed by atoms with Gasteiger partial charge in [0, 0.05) is 18.5 Å². The Hall–Kier alpha value is -0.260. The third-order valence-electron chi connectivity index (χ3n) is 2.93. The van der Waals surface area contributed by atoms with Gasteiger partial charge in [0.25, 0.3) is 0 Å². The summed E-state index contributed by atoms with van der Waals surface area (Å²) < 4.78 is 5.30. The van der Waals surface area contributed by atoms with Crippen molar-refractivity contribution in [1.29, 1.82) is 0 Å². The number of rotatable bonds is 6. The summed E-state index contributed by atoms with van der Waals surface area (Å²) in [6.45, 7) is 3.47. The van der Waals surface area contributed by atoms with E-state index in [1.807, 2.05) is 11.8 Å². The Kier molecular flexibility index (Phi) is 5.58. The van der Waals surface area contributed by atoms with Gasteiger partial charge in [0.05, 0.1) is 5.54 Å². The average molecular weight is 246 g/mol. The molecule has 0 radical (unpaired) electrons. The van der Waals surface area contributed by atoms with Gasteiger partial charge < -0.3 is 16.2 Å². The van der Waals surface area contributed by atoms with Crippen molar-refractivity contribution in [3.8, 4) is 0 Å². The van der Waals surface area contributed by atoms with E-state index in [-0.39, 0.29) is 0 Å². The van der Waals surface area contributed by atoms with Gasteiger partial charge in [-0.1, -0.05) is 0 Å². The second kappa shape index (κ2) is 6.47. The predicted molar refractivity (Wildman–Crippen MR) is 67.3 cm³/mol. The molecular formula is C11H22N2O2S. The third kappa shape index (κ3) is 4.72. The normalized spacial score (nSPS) is 21.6. The molecule has 0 aliphatic carbocycles. The summed E-state index contributed by atoms with van der Waals surface area (Å²) in [5.41, 5.74) is 10.1. The van der Waals surface area contributed by atoms with E-state index in [2.05, 4.69) is 0 Å². The first kappa shape index (κ1) is 13.8. The van der Waals surface area contributed by atoms with Crippen molar-refractivity contribution in [3.63, 3.8) is 0 Å². The smallest absolute Gasteiger partial charge is 0.237 e. The Labute approximate surface area is 101 Å². The summed E-state index contributed by atoms with van der Waals surface area (Å²) in [6.07, 6.45) is 3.89. The Morgan fingerprint density at radius 2 is 2.12 bits per heavy atom. The molecule has 4 nitrogen and oxygen atoms in total. The molecule has 0 spiro atoms. The minimum atomic E-state index is -0.851. The molecular weight excluding hydrogens is 224 g/mol. The van der Waals surface area contributed by atoms with Crippen molar-refractivity contribution in [1.82, 2.24) is 0 Å². The van der Waals surface area contributed by atoms with Crippen molar-refractivity contribution < 1.29 is 9.53 Å². The number of carbonyl (C=O) groups excluding carboxylic acids is 1. The highest BCUT2D eigenvalue weighted by Gasteiger charge is 2.24. The van der Waals surface area contributed by atoms with Gasteiger partial charge in [-0.3, -0.25) is 4.79 Å². The molecule has 0 saturated carbocycles. The minimum absolute atomic E-state index is 0.413. The number of hydrogen-bond acceptors (Lipinski definition) is 4. The fourth-order valence-electron chi connectivity index (χ4n) is 1.66. The number of nitrogens with two attached hydrogens (primary N) is 2. The molecule has 16 heavy (non-hydrogen) atoms. The van der Waals surface area contributed by atoms with Crippen LogP contribution in [0.3, 0.4) is 0 Å². The van der Waals surface area contributed by atoms with Crippen LogP contribution in [0.5, 0.6) is 0 Å². The highest BCUT2D eigenvalue weighted by molar-refractivity contribution is 7.99. The first-order valence-corrected chi connectivity index (χ1v) is 6.85. The van der Waals surface area contributed by atoms with E-state index in [1.165, 1.54) is 0 Å². The van der Waals surface area contributed by atoms with E-state index in [0.29, 0.717) is 11.7 Å². The number of carbonyl (C=O) groups is 1. The fraction of sp³-hybridized carbons (Fsp3) is 0.909. The van der Waals surface area contributed by atoms with Crippen LogP contribution in [0.4, 0.5) is 0 Å². The van der Waals surface area contributed by atoms with Crippen molar-refractivity contribution in [2.75, 3.05) is 19.0 Å². The summed E-state index contributed by atoms with van der Waals surface area (Å²) in [4.78, 5) is 11.0. The van der Waals surface area contributed by atoms with E-state index in [0.717, 1.165) is 38.2 Å². The maximum Gasteiger partial charge on any atom is 0.237 e. The van der Waals surface area contributed by atoms with Gasteiger partial charge in [-0.25, -0.2) is 0 Å². The molecule has 0 aromatic carbocycles. The molecule has 1 fully saturated rings. The lowest BCUT2D eigenvalue weighted by atomic mass is 9.97. The monoisotopic (exact) mass is 246 g/mol. The topological polar surface area (TPSA) is 78.3 Å². The van der Waals surface area contributed by atoms with Gasteiger partial charge in [-0.2, -0.15) is 11.8 Å². The summed E-state index contributed by atoms with van der Waals surface area (Å²) >= 11 is 1.96. The lowest BCUT2D eigenvalue weighted by Crippen LogP contribution is -2.49. The average Bonchev–Trinajstić information content (AvgIpc) is 2.26. The lowest BCUT2D eigenvalue weighted by Gasteiger charge is -2.23. The molecule has 4 N–H and O–H groups in total.